The van der Waals surface area contributed by atoms with Crippen molar-refractivity contribution in [2.45, 2.75) is 6.42 Å². The minimum absolute atomic E-state index is 0.0434. The van der Waals surface area contributed by atoms with Gasteiger partial charge in [-0.15, -0.1) is 0 Å². The molecule has 3 rings (SSSR count). The summed E-state index contributed by atoms with van der Waals surface area (Å²) in [6.45, 7) is 0.790. The highest BCUT2D eigenvalue weighted by atomic mass is 35.5. The lowest BCUT2D eigenvalue weighted by molar-refractivity contribution is -0.113. The fraction of sp³-hybridized carbons (Fsp3) is 0.176. The van der Waals surface area contributed by atoms with Gasteiger partial charge in [-0.25, -0.2) is 0 Å². The van der Waals surface area contributed by atoms with E-state index in [0.717, 1.165) is 29.3 Å². The Balaban J connectivity index is 1.59. The predicted molar refractivity (Wildman–Crippen MR) is 94.1 cm³/mol. The topological polar surface area (TPSA) is 41.5 Å². The Bertz CT molecular complexity index is 713. The zero-order valence-electron chi connectivity index (χ0n) is 11.9. The zero-order valence-corrected chi connectivity index (χ0v) is 13.5. The fourth-order valence-corrected chi connectivity index (χ4v) is 3.30. The number of hydrogen-bond donors (Lipinski definition) is 1. The molecule has 0 aromatic heterocycles. The molecule has 3 nitrogen and oxygen atoms in total. The molecule has 1 aliphatic heterocycles. The Morgan fingerprint density at radius 3 is 2.77 bits per heavy atom. The fourth-order valence-electron chi connectivity index (χ4n) is 2.30. The summed E-state index contributed by atoms with van der Waals surface area (Å²) in [5.74, 6) is 0.300. The molecule has 0 unspecified atom stereocenters. The number of hydrogen-bond acceptors (Lipinski definition) is 3. The number of halogens is 1. The van der Waals surface area contributed by atoms with Gasteiger partial charge in [-0.2, -0.15) is 0 Å². The molecule has 2 aromatic rings. The van der Waals surface area contributed by atoms with Crippen molar-refractivity contribution in [3.8, 4) is 0 Å². The van der Waals surface area contributed by atoms with Gasteiger partial charge in [0.05, 0.1) is 10.8 Å². The van der Waals surface area contributed by atoms with Gasteiger partial charge < -0.3 is 5.32 Å². The lowest BCUT2D eigenvalue weighted by Gasteiger charge is -2.16. The molecule has 0 radical (unpaired) electrons. The van der Waals surface area contributed by atoms with Gasteiger partial charge in [-0.1, -0.05) is 47.6 Å². The maximum absolute atomic E-state index is 12.0. The van der Waals surface area contributed by atoms with Crippen LogP contribution in [0.15, 0.2) is 53.5 Å². The molecular formula is C17H15ClN2OS. The maximum Gasteiger partial charge on any atom is 0.234 e. The lowest BCUT2D eigenvalue weighted by atomic mass is 10.0. The van der Waals surface area contributed by atoms with Gasteiger partial charge in [0.25, 0.3) is 0 Å². The SMILES string of the molecule is O=C(CSC1=NCCc2ccccc21)Nc1ccc(Cl)cc1. The standard InChI is InChI=1S/C17H15ClN2OS/c18-13-5-7-14(8-6-13)20-16(21)11-22-17-15-4-2-1-3-12(15)9-10-19-17/h1-8H,9-11H2,(H,20,21). The predicted octanol–water partition coefficient (Wildman–Crippen LogP) is 4.01. The van der Waals surface area contributed by atoms with E-state index in [9.17, 15) is 4.79 Å². The average molecular weight is 331 g/mol. The van der Waals surface area contributed by atoms with E-state index in [1.807, 2.05) is 12.1 Å². The Morgan fingerprint density at radius 1 is 1.18 bits per heavy atom. The van der Waals surface area contributed by atoms with Gasteiger partial charge in [-0.3, -0.25) is 9.79 Å². The molecular weight excluding hydrogens is 316 g/mol. The molecule has 0 atom stereocenters. The second kappa shape index (κ2) is 6.99. The Labute approximate surface area is 138 Å². The van der Waals surface area contributed by atoms with Crippen LogP contribution in [0.5, 0.6) is 0 Å². The summed E-state index contributed by atoms with van der Waals surface area (Å²) < 4.78 is 0. The van der Waals surface area contributed by atoms with Crippen molar-refractivity contribution in [2.75, 3.05) is 17.6 Å². The Hall–Kier alpha value is -1.78. The third-order valence-corrected chi connectivity index (χ3v) is 4.63. The number of carbonyl (C=O) groups is 1. The van der Waals surface area contributed by atoms with Crippen LogP contribution in [0.2, 0.25) is 5.02 Å². The summed E-state index contributed by atoms with van der Waals surface area (Å²) >= 11 is 7.31. The second-order valence-corrected chi connectivity index (χ2v) is 6.34. The molecule has 5 heteroatoms. The Kier molecular flexibility index (Phi) is 4.80. The number of carbonyl (C=O) groups excluding carboxylic acids is 1. The van der Waals surface area contributed by atoms with Crippen molar-refractivity contribution in [1.82, 2.24) is 0 Å². The molecule has 1 amide bonds. The van der Waals surface area contributed by atoms with Crippen molar-refractivity contribution < 1.29 is 4.79 Å². The highest BCUT2D eigenvalue weighted by Crippen LogP contribution is 2.22. The highest BCUT2D eigenvalue weighted by molar-refractivity contribution is 8.15. The monoisotopic (exact) mass is 330 g/mol. The van der Waals surface area contributed by atoms with Crippen LogP contribution in [0.3, 0.4) is 0 Å². The number of rotatable bonds is 3. The van der Waals surface area contributed by atoms with E-state index in [0.29, 0.717) is 10.8 Å². The van der Waals surface area contributed by atoms with Crippen LogP contribution >= 0.6 is 23.4 Å². The summed E-state index contributed by atoms with van der Waals surface area (Å²) in [5, 5.41) is 4.46. The number of fused-ring (bicyclic) bond motifs is 1. The van der Waals surface area contributed by atoms with E-state index < -0.39 is 0 Å². The number of benzene rings is 2. The maximum atomic E-state index is 12.0. The van der Waals surface area contributed by atoms with Crippen molar-refractivity contribution in [1.29, 1.82) is 0 Å². The third kappa shape index (κ3) is 3.70. The summed E-state index contributed by atoms with van der Waals surface area (Å²) in [6.07, 6.45) is 0.969. The molecule has 0 saturated heterocycles. The molecule has 0 spiro atoms. The van der Waals surface area contributed by atoms with Gasteiger partial charge in [0.15, 0.2) is 0 Å². The summed E-state index contributed by atoms with van der Waals surface area (Å²) in [6, 6.07) is 15.3. The van der Waals surface area contributed by atoms with Gasteiger partial charge >= 0.3 is 0 Å². The summed E-state index contributed by atoms with van der Waals surface area (Å²) in [5.41, 5.74) is 3.21. The van der Waals surface area contributed by atoms with Crippen molar-refractivity contribution in [3.05, 3.63) is 64.7 Å². The summed E-state index contributed by atoms with van der Waals surface area (Å²) in [7, 11) is 0. The van der Waals surface area contributed by atoms with Crippen LogP contribution in [0, 0.1) is 0 Å². The van der Waals surface area contributed by atoms with Crippen molar-refractivity contribution in [3.63, 3.8) is 0 Å². The van der Waals surface area contributed by atoms with E-state index >= 15 is 0 Å². The van der Waals surface area contributed by atoms with Crippen LogP contribution in [0.4, 0.5) is 5.69 Å². The van der Waals surface area contributed by atoms with Crippen molar-refractivity contribution >= 4 is 40.0 Å². The van der Waals surface area contributed by atoms with Crippen LogP contribution in [0.1, 0.15) is 11.1 Å². The first kappa shape index (κ1) is 15.1. The van der Waals surface area contributed by atoms with E-state index in [4.69, 9.17) is 11.6 Å². The van der Waals surface area contributed by atoms with Crippen LogP contribution in [-0.2, 0) is 11.2 Å². The molecule has 1 N–H and O–H groups in total. The van der Waals surface area contributed by atoms with E-state index in [1.165, 1.54) is 17.3 Å². The van der Waals surface area contributed by atoms with Gasteiger partial charge in [0.2, 0.25) is 5.91 Å². The number of nitrogens with zero attached hydrogens (tertiary/aromatic N) is 1. The quantitative estimate of drug-likeness (QED) is 0.923. The van der Waals surface area contributed by atoms with E-state index in [2.05, 4.69) is 22.4 Å². The smallest absolute Gasteiger partial charge is 0.234 e. The molecule has 0 bridgehead atoms. The molecule has 0 aliphatic carbocycles. The molecule has 2 aromatic carbocycles. The summed E-state index contributed by atoms with van der Waals surface area (Å²) in [4.78, 5) is 16.6. The Morgan fingerprint density at radius 2 is 1.95 bits per heavy atom. The normalized spacial score (nSPS) is 13.2. The van der Waals surface area contributed by atoms with Crippen LogP contribution in [-0.4, -0.2) is 23.2 Å². The van der Waals surface area contributed by atoms with Crippen LogP contribution in [0.25, 0.3) is 0 Å². The van der Waals surface area contributed by atoms with Crippen LogP contribution < -0.4 is 5.32 Å². The molecule has 22 heavy (non-hydrogen) atoms. The molecule has 112 valence electrons. The first-order valence-electron chi connectivity index (χ1n) is 7.03. The molecule has 0 fully saturated rings. The lowest BCUT2D eigenvalue weighted by Crippen LogP contribution is -2.17. The highest BCUT2D eigenvalue weighted by Gasteiger charge is 2.15. The van der Waals surface area contributed by atoms with Gasteiger partial charge in [-0.05, 0) is 36.2 Å². The van der Waals surface area contributed by atoms with Gasteiger partial charge in [0, 0.05) is 22.8 Å². The average Bonchev–Trinajstić information content (AvgIpc) is 2.55. The molecule has 1 aliphatic rings. The van der Waals surface area contributed by atoms with E-state index in [1.54, 1.807) is 24.3 Å². The largest absolute Gasteiger partial charge is 0.325 e. The zero-order chi connectivity index (χ0) is 15.4. The molecule has 1 heterocycles. The third-order valence-electron chi connectivity index (χ3n) is 3.35. The minimum Gasteiger partial charge on any atom is -0.325 e. The first-order chi connectivity index (χ1) is 10.7. The first-order valence-corrected chi connectivity index (χ1v) is 8.40. The number of anilines is 1. The molecule has 0 saturated carbocycles. The number of thioether (sulfide) groups is 1. The second-order valence-electron chi connectivity index (χ2n) is 4.94. The number of amides is 1. The van der Waals surface area contributed by atoms with Gasteiger partial charge in [0.1, 0.15) is 0 Å². The minimum atomic E-state index is -0.0434. The van der Waals surface area contributed by atoms with E-state index in [-0.39, 0.29) is 5.91 Å². The van der Waals surface area contributed by atoms with Crippen molar-refractivity contribution in [2.24, 2.45) is 4.99 Å². The number of aliphatic imine (C=N–C) groups is 1. The number of nitrogens with one attached hydrogen (secondary N) is 1.